The summed E-state index contributed by atoms with van der Waals surface area (Å²) in [5, 5.41) is 0. The third kappa shape index (κ3) is 4.70. The van der Waals surface area contributed by atoms with E-state index in [-0.39, 0.29) is 23.3 Å². The van der Waals surface area contributed by atoms with Gasteiger partial charge in [-0.1, -0.05) is 39.8 Å². The number of rotatable bonds is 6. The Morgan fingerprint density at radius 1 is 1.15 bits per heavy atom. The number of imidazole rings is 1. The molecular formula is C26H37N3O4S. The Morgan fingerprint density at radius 2 is 1.71 bits per heavy atom. The van der Waals surface area contributed by atoms with Gasteiger partial charge in [-0.15, -0.1) is 0 Å². The molecule has 0 atom stereocenters. The summed E-state index contributed by atoms with van der Waals surface area (Å²) in [7, 11) is -1.13. The van der Waals surface area contributed by atoms with E-state index in [1.165, 1.54) is 31.4 Å². The van der Waals surface area contributed by atoms with Gasteiger partial charge in [-0.25, -0.2) is 13.8 Å². The number of aryl methyl sites for hydroxylation is 1. The number of nitrogens with zero attached hydrogens (tertiary/aromatic N) is 3. The third-order valence-corrected chi connectivity index (χ3v) is 8.55. The van der Waals surface area contributed by atoms with Crippen molar-refractivity contribution >= 4 is 27.8 Å². The third-order valence-electron chi connectivity index (χ3n) is 6.85. The van der Waals surface area contributed by atoms with Gasteiger partial charge in [0, 0.05) is 20.3 Å². The Kier molecular flexibility index (Phi) is 6.90. The highest BCUT2D eigenvalue weighted by Gasteiger charge is 2.37. The monoisotopic (exact) mass is 487 g/mol. The standard InChI is InChI=1S/C26H37N3O4S/c1-10-33-24(30)23-27-19(16-29(23)34(31,32)28(8)9)13-17(2)20-15-22-21(14-18(20)3)25(4,5)11-12-26(22,6)7/h13-16H,10-12H2,1-9H3/b17-13+. The van der Waals surface area contributed by atoms with E-state index in [9.17, 15) is 13.2 Å². The molecule has 7 nitrogen and oxygen atoms in total. The molecule has 0 bridgehead atoms. The van der Waals surface area contributed by atoms with Crippen LogP contribution in [0.1, 0.15) is 93.0 Å². The number of carbonyl (C=O) groups excluding carboxylic acids is 1. The molecule has 1 aliphatic carbocycles. The number of aromatic nitrogens is 2. The Labute approximate surface area is 204 Å². The fourth-order valence-electron chi connectivity index (χ4n) is 4.58. The van der Waals surface area contributed by atoms with E-state index < -0.39 is 16.2 Å². The molecule has 1 aromatic heterocycles. The van der Waals surface area contributed by atoms with Crippen molar-refractivity contribution in [2.24, 2.45) is 0 Å². The molecular weight excluding hydrogens is 450 g/mol. The van der Waals surface area contributed by atoms with Crippen LogP contribution in [0.2, 0.25) is 0 Å². The van der Waals surface area contributed by atoms with Crippen LogP contribution in [0.4, 0.5) is 0 Å². The molecule has 0 unspecified atom stereocenters. The molecule has 3 rings (SSSR count). The van der Waals surface area contributed by atoms with Crippen LogP contribution in [0.25, 0.3) is 11.6 Å². The van der Waals surface area contributed by atoms with Gasteiger partial charge >= 0.3 is 16.2 Å². The molecule has 8 heteroatoms. The Balaban J connectivity index is 2.14. The summed E-state index contributed by atoms with van der Waals surface area (Å²) in [6.45, 7) is 15.1. The summed E-state index contributed by atoms with van der Waals surface area (Å²) < 4.78 is 32.6. The summed E-state index contributed by atoms with van der Waals surface area (Å²) in [5.74, 6) is -1.04. The van der Waals surface area contributed by atoms with E-state index >= 15 is 0 Å². The van der Waals surface area contributed by atoms with E-state index in [1.807, 2.05) is 13.0 Å². The zero-order valence-electron chi connectivity index (χ0n) is 21.8. The Hall–Kier alpha value is -2.45. The smallest absolute Gasteiger partial charge is 0.375 e. The lowest BCUT2D eigenvalue weighted by atomic mass is 9.62. The fraction of sp³-hybridized carbons (Fsp3) is 0.538. The molecule has 1 heterocycles. The summed E-state index contributed by atoms with van der Waals surface area (Å²) in [4.78, 5) is 16.8. The van der Waals surface area contributed by atoms with Gasteiger partial charge in [-0.2, -0.15) is 12.7 Å². The molecule has 0 radical (unpaired) electrons. The van der Waals surface area contributed by atoms with Crippen LogP contribution in [0.15, 0.2) is 18.3 Å². The summed E-state index contributed by atoms with van der Waals surface area (Å²) in [6, 6.07) is 4.57. The number of hydrogen-bond donors (Lipinski definition) is 0. The van der Waals surface area contributed by atoms with E-state index in [0.29, 0.717) is 5.69 Å². The maximum atomic E-state index is 12.8. The predicted molar refractivity (Wildman–Crippen MR) is 136 cm³/mol. The molecule has 0 saturated carbocycles. The molecule has 2 aromatic rings. The van der Waals surface area contributed by atoms with Gasteiger partial charge < -0.3 is 4.74 Å². The van der Waals surface area contributed by atoms with Crippen molar-refractivity contribution in [2.75, 3.05) is 20.7 Å². The molecule has 1 aromatic carbocycles. The first-order chi connectivity index (χ1) is 15.6. The van der Waals surface area contributed by atoms with Crippen molar-refractivity contribution in [3.05, 3.63) is 52.1 Å². The van der Waals surface area contributed by atoms with Crippen LogP contribution in [0.3, 0.4) is 0 Å². The molecule has 1 aliphatic rings. The second-order valence-electron chi connectivity index (χ2n) is 10.6. The molecule has 186 valence electrons. The van der Waals surface area contributed by atoms with Crippen LogP contribution in [-0.2, 0) is 25.8 Å². The number of carbonyl (C=O) groups is 1. The molecule has 34 heavy (non-hydrogen) atoms. The number of benzene rings is 1. The van der Waals surface area contributed by atoms with E-state index in [0.717, 1.165) is 37.8 Å². The number of hydrogen-bond acceptors (Lipinski definition) is 5. The Morgan fingerprint density at radius 3 is 2.24 bits per heavy atom. The lowest BCUT2D eigenvalue weighted by Crippen LogP contribution is -2.34. The van der Waals surface area contributed by atoms with Crippen LogP contribution in [-0.4, -0.2) is 48.4 Å². The van der Waals surface area contributed by atoms with E-state index in [1.54, 1.807) is 6.92 Å². The minimum atomic E-state index is -3.94. The molecule has 0 saturated heterocycles. The number of ether oxygens (including phenoxy) is 1. The van der Waals surface area contributed by atoms with Gasteiger partial charge in [-0.3, -0.25) is 0 Å². The second kappa shape index (κ2) is 8.96. The molecule has 0 spiro atoms. The van der Waals surface area contributed by atoms with Crippen LogP contribution in [0, 0.1) is 6.92 Å². The zero-order chi connectivity index (χ0) is 25.6. The van der Waals surface area contributed by atoms with Gasteiger partial charge in [0.2, 0.25) is 5.82 Å². The molecule has 0 aliphatic heterocycles. The highest BCUT2D eigenvalue weighted by atomic mass is 32.2. The largest absolute Gasteiger partial charge is 0.460 e. The number of esters is 1. The first-order valence-electron chi connectivity index (χ1n) is 11.7. The average molecular weight is 488 g/mol. The minimum absolute atomic E-state index is 0.0754. The van der Waals surface area contributed by atoms with E-state index in [4.69, 9.17) is 4.74 Å². The first kappa shape index (κ1) is 26.2. The minimum Gasteiger partial charge on any atom is -0.460 e. The van der Waals surface area contributed by atoms with Gasteiger partial charge in [0.05, 0.1) is 12.3 Å². The number of allylic oxidation sites excluding steroid dienone is 1. The number of fused-ring (bicyclic) bond motifs is 1. The van der Waals surface area contributed by atoms with Crippen molar-refractivity contribution in [1.29, 1.82) is 0 Å². The lowest BCUT2D eigenvalue weighted by molar-refractivity contribution is 0.0511. The van der Waals surface area contributed by atoms with Crippen molar-refractivity contribution < 1.29 is 17.9 Å². The topological polar surface area (TPSA) is 81.5 Å². The van der Waals surface area contributed by atoms with Gasteiger partial charge in [0.1, 0.15) is 0 Å². The summed E-state index contributed by atoms with van der Waals surface area (Å²) >= 11 is 0. The average Bonchev–Trinajstić information content (AvgIpc) is 3.16. The van der Waals surface area contributed by atoms with Crippen LogP contribution in [0.5, 0.6) is 0 Å². The molecule has 0 N–H and O–H groups in total. The van der Waals surface area contributed by atoms with Crippen LogP contribution < -0.4 is 0 Å². The Bertz CT molecular complexity index is 1250. The van der Waals surface area contributed by atoms with E-state index in [2.05, 4.69) is 51.7 Å². The predicted octanol–water partition coefficient (Wildman–Crippen LogP) is 4.93. The van der Waals surface area contributed by atoms with Gasteiger partial charge in [0.15, 0.2) is 0 Å². The quantitative estimate of drug-likeness (QED) is 0.540. The van der Waals surface area contributed by atoms with Crippen molar-refractivity contribution in [3.63, 3.8) is 0 Å². The van der Waals surface area contributed by atoms with Crippen molar-refractivity contribution in [2.45, 2.75) is 72.1 Å². The maximum absolute atomic E-state index is 12.8. The van der Waals surface area contributed by atoms with Crippen molar-refractivity contribution in [1.82, 2.24) is 13.3 Å². The first-order valence-corrected chi connectivity index (χ1v) is 13.1. The van der Waals surface area contributed by atoms with Gasteiger partial charge in [0.25, 0.3) is 0 Å². The molecule has 0 fully saturated rings. The summed E-state index contributed by atoms with van der Waals surface area (Å²) in [5.41, 5.74) is 6.51. The fourth-order valence-corrected chi connectivity index (χ4v) is 5.51. The highest BCUT2D eigenvalue weighted by molar-refractivity contribution is 7.87. The zero-order valence-corrected chi connectivity index (χ0v) is 22.6. The maximum Gasteiger partial charge on any atom is 0.375 e. The highest BCUT2D eigenvalue weighted by Crippen LogP contribution is 2.47. The van der Waals surface area contributed by atoms with Gasteiger partial charge in [-0.05, 0) is 78.3 Å². The normalized spacial score (nSPS) is 17.5. The summed E-state index contributed by atoms with van der Waals surface area (Å²) in [6.07, 6.45) is 5.45. The van der Waals surface area contributed by atoms with Crippen LogP contribution >= 0.6 is 0 Å². The second-order valence-corrected chi connectivity index (χ2v) is 12.6. The van der Waals surface area contributed by atoms with Crippen molar-refractivity contribution in [3.8, 4) is 0 Å². The SMILES string of the molecule is CCOC(=O)c1nc(/C=C(\C)c2cc3c(cc2C)C(C)(C)CCC3(C)C)cn1S(=O)(=O)N(C)C. The lowest BCUT2D eigenvalue weighted by Gasteiger charge is -2.42. The molecule has 0 amide bonds.